The van der Waals surface area contributed by atoms with Gasteiger partial charge in [0.2, 0.25) is 5.91 Å². The van der Waals surface area contributed by atoms with Crippen LogP contribution < -0.4 is 4.90 Å². The summed E-state index contributed by atoms with van der Waals surface area (Å²) in [6, 6.07) is 6.57. The van der Waals surface area contributed by atoms with E-state index < -0.39 is 5.97 Å². The van der Waals surface area contributed by atoms with E-state index in [1.807, 2.05) is 0 Å². The zero-order valence-electron chi connectivity index (χ0n) is 11.6. The topological polar surface area (TPSA) is 57.6 Å². The molecule has 0 heterocycles. The number of aromatic carboxylic acids is 1. The monoisotopic (exact) mass is 263 g/mol. The highest BCUT2D eigenvalue weighted by molar-refractivity contribution is 6.01. The molecule has 0 bridgehead atoms. The average molecular weight is 263 g/mol. The van der Waals surface area contributed by atoms with Crippen molar-refractivity contribution in [3.63, 3.8) is 0 Å². The molecule has 0 radical (unpaired) electrons. The van der Waals surface area contributed by atoms with Crippen LogP contribution in [-0.2, 0) is 4.79 Å². The van der Waals surface area contributed by atoms with Crippen molar-refractivity contribution in [1.29, 1.82) is 0 Å². The first kappa shape index (κ1) is 15.2. The number of anilines is 1. The Kier molecular flexibility index (Phi) is 6.06. The minimum absolute atomic E-state index is 0.0372. The van der Waals surface area contributed by atoms with Crippen LogP contribution >= 0.6 is 0 Å². The summed E-state index contributed by atoms with van der Waals surface area (Å²) in [5.74, 6) is -1.05. The van der Waals surface area contributed by atoms with Gasteiger partial charge in [-0.2, -0.15) is 0 Å². The summed E-state index contributed by atoms with van der Waals surface area (Å²) in [4.78, 5) is 24.6. The van der Waals surface area contributed by atoms with Gasteiger partial charge in [-0.15, -0.1) is 0 Å². The summed E-state index contributed by atoms with van der Waals surface area (Å²) >= 11 is 0. The third kappa shape index (κ3) is 4.39. The second kappa shape index (κ2) is 7.56. The van der Waals surface area contributed by atoms with E-state index in [0.717, 1.165) is 25.7 Å². The molecule has 0 aromatic heterocycles. The lowest BCUT2D eigenvalue weighted by atomic mass is 10.1. The van der Waals surface area contributed by atoms with E-state index in [4.69, 9.17) is 5.11 Å². The van der Waals surface area contributed by atoms with Gasteiger partial charge >= 0.3 is 5.97 Å². The van der Waals surface area contributed by atoms with Gasteiger partial charge in [-0.1, -0.05) is 38.3 Å². The summed E-state index contributed by atoms with van der Waals surface area (Å²) in [5, 5.41) is 9.10. The van der Waals surface area contributed by atoms with Gasteiger partial charge in [-0.25, -0.2) is 4.79 Å². The number of carboxylic acids is 1. The van der Waals surface area contributed by atoms with Crippen LogP contribution in [0.25, 0.3) is 0 Å². The smallest absolute Gasteiger partial charge is 0.337 e. The Hall–Kier alpha value is -1.84. The zero-order valence-corrected chi connectivity index (χ0v) is 11.6. The van der Waals surface area contributed by atoms with Gasteiger partial charge < -0.3 is 10.0 Å². The second-order valence-electron chi connectivity index (χ2n) is 4.59. The van der Waals surface area contributed by atoms with Crippen LogP contribution in [0.4, 0.5) is 5.69 Å². The maximum Gasteiger partial charge on any atom is 0.337 e. The Labute approximate surface area is 114 Å². The molecular formula is C15H21NO3. The van der Waals surface area contributed by atoms with Crippen LogP contribution in [0.5, 0.6) is 0 Å². The van der Waals surface area contributed by atoms with Crippen LogP contribution in [0.1, 0.15) is 49.4 Å². The van der Waals surface area contributed by atoms with Gasteiger partial charge in [0.25, 0.3) is 0 Å². The summed E-state index contributed by atoms with van der Waals surface area (Å²) in [5.41, 5.74) is 0.613. The Morgan fingerprint density at radius 2 is 1.84 bits per heavy atom. The predicted molar refractivity (Wildman–Crippen MR) is 75.6 cm³/mol. The second-order valence-corrected chi connectivity index (χ2v) is 4.59. The number of carbonyl (C=O) groups is 2. The molecule has 1 rings (SSSR count). The van der Waals surface area contributed by atoms with Crippen molar-refractivity contribution >= 4 is 17.6 Å². The summed E-state index contributed by atoms with van der Waals surface area (Å²) in [6.45, 7) is 2.12. The third-order valence-corrected chi connectivity index (χ3v) is 3.11. The van der Waals surface area contributed by atoms with E-state index in [9.17, 15) is 9.59 Å². The lowest BCUT2D eigenvalue weighted by Gasteiger charge is -2.19. The minimum atomic E-state index is -1.01. The molecule has 0 atom stereocenters. The van der Waals surface area contributed by atoms with Gasteiger partial charge in [0.15, 0.2) is 0 Å². The van der Waals surface area contributed by atoms with Crippen LogP contribution in [0.15, 0.2) is 24.3 Å². The lowest BCUT2D eigenvalue weighted by molar-refractivity contribution is -0.118. The third-order valence-electron chi connectivity index (χ3n) is 3.11. The number of para-hydroxylation sites is 1. The molecule has 19 heavy (non-hydrogen) atoms. The van der Waals surface area contributed by atoms with Crippen molar-refractivity contribution in [3.05, 3.63) is 29.8 Å². The average Bonchev–Trinajstić information content (AvgIpc) is 2.42. The molecule has 1 aromatic rings. The largest absolute Gasteiger partial charge is 0.478 e. The number of hydrogen-bond acceptors (Lipinski definition) is 2. The molecular weight excluding hydrogens is 242 g/mol. The number of amides is 1. The number of carbonyl (C=O) groups excluding carboxylic acids is 1. The van der Waals surface area contributed by atoms with Gasteiger partial charge in [-0.3, -0.25) is 4.79 Å². The Morgan fingerprint density at radius 3 is 2.47 bits per heavy atom. The first-order valence-corrected chi connectivity index (χ1v) is 6.66. The maximum atomic E-state index is 12.0. The lowest BCUT2D eigenvalue weighted by Crippen LogP contribution is -2.27. The Bertz CT molecular complexity index is 443. The van der Waals surface area contributed by atoms with Crippen molar-refractivity contribution in [2.75, 3.05) is 11.9 Å². The first-order valence-electron chi connectivity index (χ1n) is 6.66. The van der Waals surface area contributed by atoms with Crippen LogP contribution in [0.3, 0.4) is 0 Å². The minimum Gasteiger partial charge on any atom is -0.478 e. The molecule has 1 amide bonds. The Morgan fingerprint density at radius 1 is 1.16 bits per heavy atom. The highest BCUT2D eigenvalue weighted by Gasteiger charge is 2.17. The standard InChI is InChI=1S/C15H21NO3/c1-3-4-5-6-11-14(17)16(2)13-10-8-7-9-12(13)15(18)19/h7-10H,3-6,11H2,1-2H3,(H,18,19). The predicted octanol–water partition coefficient (Wildman–Crippen LogP) is 3.32. The summed E-state index contributed by atoms with van der Waals surface area (Å²) in [7, 11) is 1.63. The number of unbranched alkanes of at least 4 members (excludes halogenated alkanes) is 3. The zero-order chi connectivity index (χ0) is 14.3. The molecule has 0 fully saturated rings. The molecule has 0 spiro atoms. The number of nitrogens with zero attached hydrogens (tertiary/aromatic N) is 1. The number of hydrogen-bond donors (Lipinski definition) is 1. The number of carboxylic acid groups (broad SMARTS) is 1. The normalized spacial score (nSPS) is 10.2. The molecule has 0 saturated carbocycles. The number of benzene rings is 1. The molecule has 4 heteroatoms. The molecule has 0 aliphatic carbocycles. The fourth-order valence-corrected chi connectivity index (χ4v) is 1.95. The van der Waals surface area contributed by atoms with Gasteiger partial charge in [0.1, 0.15) is 0 Å². The molecule has 1 aromatic carbocycles. The first-order chi connectivity index (χ1) is 9.07. The molecule has 1 N–H and O–H groups in total. The molecule has 0 aliphatic rings. The molecule has 0 aliphatic heterocycles. The van der Waals surface area contributed by atoms with Gasteiger partial charge in [0.05, 0.1) is 11.3 Å². The summed E-state index contributed by atoms with van der Waals surface area (Å²) in [6.07, 6.45) is 4.61. The highest BCUT2D eigenvalue weighted by Crippen LogP contribution is 2.20. The van der Waals surface area contributed by atoms with E-state index in [-0.39, 0.29) is 11.5 Å². The molecule has 0 saturated heterocycles. The molecule has 4 nitrogen and oxygen atoms in total. The van der Waals surface area contributed by atoms with E-state index in [0.29, 0.717) is 12.1 Å². The summed E-state index contributed by atoms with van der Waals surface area (Å²) < 4.78 is 0. The number of rotatable bonds is 7. The van der Waals surface area contributed by atoms with Crippen molar-refractivity contribution in [3.8, 4) is 0 Å². The van der Waals surface area contributed by atoms with Gasteiger partial charge in [0, 0.05) is 13.5 Å². The molecule has 104 valence electrons. The quantitative estimate of drug-likeness (QED) is 0.768. The van der Waals surface area contributed by atoms with Gasteiger partial charge in [-0.05, 0) is 18.6 Å². The van der Waals surface area contributed by atoms with Crippen LogP contribution in [0.2, 0.25) is 0 Å². The van der Waals surface area contributed by atoms with Crippen LogP contribution in [0, 0.1) is 0 Å². The maximum absolute atomic E-state index is 12.0. The van der Waals surface area contributed by atoms with E-state index in [2.05, 4.69) is 6.92 Å². The van der Waals surface area contributed by atoms with Crippen LogP contribution in [-0.4, -0.2) is 24.0 Å². The Balaban J connectivity index is 2.69. The fourth-order valence-electron chi connectivity index (χ4n) is 1.95. The van der Waals surface area contributed by atoms with E-state index in [1.165, 1.54) is 11.0 Å². The van der Waals surface area contributed by atoms with E-state index in [1.54, 1.807) is 25.2 Å². The SMILES string of the molecule is CCCCCCC(=O)N(C)c1ccccc1C(=O)O. The van der Waals surface area contributed by atoms with Crippen molar-refractivity contribution in [1.82, 2.24) is 0 Å². The van der Waals surface area contributed by atoms with E-state index >= 15 is 0 Å². The fraction of sp³-hybridized carbons (Fsp3) is 0.467. The van der Waals surface area contributed by atoms with Crippen molar-refractivity contribution < 1.29 is 14.7 Å². The molecule has 0 unspecified atom stereocenters. The van der Waals surface area contributed by atoms with Crippen molar-refractivity contribution in [2.24, 2.45) is 0 Å². The highest BCUT2D eigenvalue weighted by atomic mass is 16.4. The van der Waals surface area contributed by atoms with Crippen molar-refractivity contribution in [2.45, 2.75) is 39.0 Å².